The quantitative estimate of drug-likeness (QED) is 0.560. The number of nitrogen functional groups attached to an aromatic ring is 1. The second-order valence-electron chi connectivity index (χ2n) is 7.92. The Labute approximate surface area is 191 Å². The molecule has 0 aliphatic carbocycles. The highest BCUT2D eigenvalue weighted by atomic mass is 16.6. The summed E-state index contributed by atoms with van der Waals surface area (Å²) in [6, 6.07) is 12.5. The van der Waals surface area contributed by atoms with Crippen LogP contribution in [-0.2, 0) is 0 Å². The van der Waals surface area contributed by atoms with Gasteiger partial charge in [0.25, 0.3) is 5.91 Å². The summed E-state index contributed by atoms with van der Waals surface area (Å²) in [7, 11) is 0. The number of fused-ring (bicyclic) bond motifs is 1. The molecule has 1 saturated heterocycles. The Balaban J connectivity index is 1.21. The highest BCUT2D eigenvalue weighted by molar-refractivity contribution is 5.97. The van der Waals surface area contributed by atoms with Gasteiger partial charge in [0.15, 0.2) is 11.5 Å². The van der Waals surface area contributed by atoms with Gasteiger partial charge in [-0.2, -0.15) is 9.67 Å². The number of carbonyl (C=O) groups excluding carboxylic acids is 1. The summed E-state index contributed by atoms with van der Waals surface area (Å²) in [5.74, 6) is 1.72. The average Bonchev–Trinajstić information content (AvgIpc) is 3.49. The Morgan fingerprint density at radius 3 is 2.61 bits per heavy atom. The molecule has 0 bridgehead atoms. The monoisotopic (exact) mass is 450 g/mol. The molecular weight excluding hydrogens is 424 g/mol. The normalized spacial score (nSPS) is 15.4. The van der Waals surface area contributed by atoms with Crippen LogP contribution in [0.15, 0.2) is 42.5 Å². The summed E-state index contributed by atoms with van der Waals surface area (Å²) in [5, 5.41) is 7.29. The molecule has 5 rings (SSSR count). The van der Waals surface area contributed by atoms with Crippen LogP contribution in [0.5, 0.6) is 17.2 Å². The number of hydrogen-bond acceptors (Lipinski definition) is 9. The zero-order chi connectivity index (χ0) is 22.6. The van der Waals surface area contributed by atoms with Crippen LogP contribution in [0.3, 0.4) is 0 Å². The van der Waals surface area contributed by atoms with Crippen LogP contribution in [0.1, 0.15) is 23.2 Å². The van der Waals surface area contributed by atoms with E-state index in [1.807, 2.05) is 24.3 Å². The molecule has 2 aromatic carbocycles. The molecule has 172 valence electrons. The van der Waals surface area contributed by atoms with Crippen LogP contribution in [-0.4, -0.2) is 65.0 Å². The smallest absolute Gasteiger partial charge is 0.281 e. The minimum Gasteiger partial charge on any atom is -0.492 e. The highest BCUT2D eigenvalue weighted by Crippen LogP contribution is 2.31. The van der Waals surface area contributed by atoms with Crippen LogP contribution in [0.4, 0.5) is 17.6 Å². The Morgan fingerprint density at radius 1 is 1.06 bits per heavy atom. The van der Waals surface area contributed by atoms with Gasteiger partial charge in [-0.3, -0.25) is 9.69 Å². The Bertz CT molecular complexity index is 1120. The lowest BCUT2D eigenvalue weighted by atomic mass is 10.2. The molecule has 0 unspecified atom stereocenters. The minimum absolute atomic E-state index is 0.0146. The highest BCUT2D eigenvalue weighted by Gasteiger charge is 2.20. The van der Waals surface area contributed by atoms with Crippen molar-refractivity contribution in [2.45, 2.75) is 12.8 Å². The number of nitrogens with zero attached hydrogens (tertiary/aromatic N) is 4. The van der Waals surface area contributed by atoms with Gasteiger partial charge < -0.3 is 25.3 Å². The number of ether oxygens (including phenoxy) is 3. The third kappa shape index (κ3) is 4.85. The van der Waals surface area contributed by atoms with Crippen molar-refractivity contribution < 1.29 is 19.0 Å². The maximum Gasteiger partial charge on any atom is 0.281 e. The average molecular weight is 450 g/mol. The number of benzene rings is 2. The SMILES string of the molecule is Nc1nc(Nc2ccc(OCCN3CCCC3)cc2)nn1C(=O)c1ccc2c(c1)OCCO2. The molecular formula is C23H26N6O4. The van der Waals surface area contributed by atoms with Gasteiger partial charge in [0.1, 0.15) is 25.6 Å². The van der Waals surface area contributed by atoms with E-state index in [0.29, 0.717) is 36.9 Å². The number of rotatable bonds is 7. The largest absolute Gasteiger partial charge is 0.492 e. The zero-order valence-corrected chi connectivity index (χ0v) is 18.2. The van der Waals surface area contributed by atoms with Crippen LogP contribution in [0.2, 0.25) is 0 Å². The molecule has 0 spiro atoms. The van der Waals surface area contributed by atoms with Gasteiger partial charge in [0.2, 0.25) is 11.9 Å². The van der Waals surface area contributed by atoms with Gasteiger partial charge in [-0.25, -0.2) is 0 Å². The van der Waals surface area contributed by atoms with E-state index in [4.69, 9.17) is 19.9 Å². The molecule has 1 fully saturated rings. The second kappa shape index (κ2) is 9.37. The second-order valence-corrected chi connectivity index (χ2v) is 7.92. The van der Waals surface area contributed by atoms with Crippen molar-refractivity contribution in [1.82, 2.24) is 19.7 Å². The molecule has 3 N–H and O–H groups in total. The molecule has 10 nitrogen and oxygen atoms in total. The van der Waals surface area contributed by atoms with Gasteiger partial charge >= 0.3 is 0 Å². The zero-order valence-electron chi connectivity index (χ0n) is 18.2. The molecule has 3 heterocycles. The van der Waals surface area contributed by atoms with E-state index in [-0.39, 0.29) is 11.9 Å². The molecule has 1 aromatic heterocycles. The van der Waals surface area contributed by atoms with Gasteiger partial charge in [0, 0.05) is 17.8 Å². The van der Waals surface area contributed by atoms with Gasteiger partial charge in [-0.05, 0) is 68.4 Å². The third-order valence-corrected chi connectivity index (χ3v) is 5.60. The van der Waals surface area contributed by atoms with Gasteiger partial charge in [0.05, 0.1) is 0 Å². The first kappa shape index (κ1) is 21.1. The fourth-order valence-corrected chi connectivity index (χ4v) is 3.89. The lowest BCUT2D eigenvalue weighted by Gasteiger charge is -2.18. The van der Waals surface area contributed by atoms with Crippen molar-refractivity contribution in [3.8, 4) is 17.2 Å². The fourth-order valence-electron chi connectivity index (χ4n) is 3.89. The topological polar surface area (TPSA) is 117 Å². The Kier molecular flexibility index (Phi) is 5.99. The Morgan fingerprint density at radius 2 is 1.82 bits per heavy atom. The summed E-state index contributed by atoms with van der Waals surface area (Å²) in [6.07, 6.45) is 2.55. The van der Waals surface area contributed by atoms with Crippen molar-refractivity contribution in [2.75, 3.05) is 50.5 Å². The van der Waals surface area contributed by atoms with E-state index in [9.17, 15) is 4.79 Å². The summed E-state index contributed by atoms with van der Waals surface area (Å²) < 4.78 is 17.9. The van der Waals surface area contributed by atoms with Crippen molar-refractivity contribution in [3.63, 3.8) is 0 Å². The third-order valence-electron chi connectivity index (χ3n) is 5.60. The summed E-state index contributed by atoms with van der Waals surface area (Å²) in [6.45, 7) is 4.84. The molecule has 33 heavy (non-hydrogen) atoms. The standard InChI is InChI=1S/C23H26N6O4/c24-22-26-23(25-17-4-6-18(7-5-17)31-12-11-28-9-1-2-10-28)27-29(22)21(30)16-3-8-19-20(15-16)33-14-13-32-19/h3-8,15H,1-2,9-14H2,(H3,24,25,26,27). The minimum atomic E-state index is -0.410. The molecule has 3 aromatic rings. The maximum absolute atomic E-state index is 12.9. The lowest BCUT2D eigenvalue weighted by Crippen LogP contribution is -2.25. The van der Waals surface area contributed by atoms with Gasteiger partial charge in [-0.15, -0.1) is 5.10 Å². The van der Waals surface area contributed by atoms with E-state index >= 15 is 0 Å². The number of likely N-dealkylation sites (tertiary alicyclic amines) is 1. The first-order chi connectivity index (χ1) is 16.2. The number of carbonyl (C=O) groups is 1. The van der Waals surface area contributed by atoms with Crippen LogP contribution < -0.4 is 25.3 Å². The van der Waals surface area contributed by atoms with Crippen molar-refractivity contribution >= 4 is 23.5 Å². The van der Waals surface area contributed by atoms with Crippen molar-refractivity contribution in [2.24, 2.45) is 0 Å². The number of aromatic nitrogens is 3. The molecule has 0 saturated carbocycles. The van der Waals surface area contributed by atoms with Crippen LogP contribution in [0, 0.1) is 0 Å². The number of hydrogen-bond donors (Lipinski definition) is 2. The lowest BCUT2D eigenvalue weighted by molar-refractivity contribution is 0.0946. The van der Waals surface area contributed by atoms with Crippen molar-refractivity contribution in [1.29, 1.82) is 0 Å². The van der Waals surface area contributed by atoms with Gasteiger partial charge in [-0.1, -0.05) is 0 Å². The van der Waals surface area contributed by atoms with E-state index in [1.165, 1.54) is 12.8 Å². The van der Waals surface area contributed by atoms with E-state index in [1.54, 1.807) is 18.2 Å². The van der Waals surface area contributed by atoms with Crippen LogP contribution >= 0.6 is 0 Å². The van der Waals surface area contributed by atoms with Crippen LogP contribution in [0.25, 0.3) is 0 Å². The summed E-state index contributed by atoms with van der Waals surface area (Å²) in [5.41, 5.74) is 7.08. The predicted octanol–water partition coefficient (Wildman–Crippen LogP) is 2.54. The number of anilines is 3. The first-order valence-corrected chi connectivity index (χ1v) is 11.0. The Hall–Kier alpha value is -3.79. The molecule has 2 aliphatic rings. The first-order valence-electron chi connectivity index (χ1n) is 11.0. The van der Waals surface area contributed by atoms with E-state index < -0.39 is 5.91 Å². The summed E-state index contributed by atoms with van der Waals surface area (Å²) in [4.78, 5) is 19.5. The summed E-state index contributed by atoms with van der Waals surface area (Å²) >= 11 is 0. The van der Waals surface area contributed by atoms with E-state index in [2.05, 4.69) is 20.3 Å². The van der Waals surface area contributed by atoms with Crippen molar-refractivity contribution in [3.05, 3.63) is 48.0 Å². The molecule has 10 heteroatoms. The predicted molar refractivity (Wildman–Crippen MR) is 122 cm³/mol. The molecule has 0 radical (unpaired) electrons. The maximum atomic E-state index is 12.9. The molecule has 2 aliphatic heterocycles. The molecule has 0 amide bonds. The number of nitrogens with two attached hydrogens (primary N) is 1. The fraction of sp³-hybridized carbons (Fsp3) is 0.348. The number of nitrogens with one attached hydrogen (secondary N) is 1. The molecule has 0 atom stereocenters. The van der Waals surface area contributed by atoms with E-state index in [0.717, 1.165) is 35.8 Å².